The maximum absolute atomic E-state index is 11.6. The first-order chi connectivity index (χ1) is 7.22. The fraction of sp³-hybridized carbons (Fsp3) is 0.545. The Morgan fingerprint density at radius 2 is 2.47 bits per heavy atom. The SMILES string of the molecule is CNC(=O)N1CC(c2cccs2)CC1C. The zero-order chi connectivity index (χ0) is 10.8. The highest BCUT2D eigenvalue weighted by Gasteiger charge is 2.33. The summed E-state index contributed by atoms with van der Waals surface area (Å²) >= 11 is 1.79. The molecule has 1 saturated heterocycles. The lowest BCUT2D eigenvalue weighted by molar-refractivity contribution is 0.198. The van der Waals surface area contributed by atoms with Gasteiger partial charge in [0.15, 0.2) is 0 Å². The van der Waals surface area contributed by atoms with Crippen molar-refractivity contribution >= 4 is 17.4 Å². The van der Waals surface area contributed by atoms with Crippen LogP contribution in [0.1, 0.15) is 24.1 Å². The van der Waals surface area contributed by atoms with Crippen molar-refractivity contribution in [1.29, 1.82) is 0 Å². The van der Waals surface area contributed by atoms with Crippen LogP contribution in [-0.2, 0) is 0 Å². The molecule has 3 nitrogen and oxygen atoms in total. The van der Waals surface area contributed by atoms with Gasteiger partial charge in [-0.15, -0.1) is 11.3 Å². The van der Waals surface area contributed by atoms with E-state index in [9.17, 15) is 4.79 Å². The summed E-state index contributed by atoms with van der Waals surface area (Å²) in [4.78, 5) is 14.9. The Hall–Kier alpha value is -1.03. The molecule has 2 rings (SSSR count). The maximum atomic E-state index is 11.6. The molecular formula is C11H16N2OS. The lowest BCUT2D eigenvalue weighted by atomic mass is 10.1. The molecule has 2 unspecified atom stereocenters. The molecule has 0 bridgehead atoms. The van der Waals surface area contributed by atoms with Gasteiger partial charge < -0.3 is 10.2 Å². The normalized spacial score (nSPS) is 25.6. The molecule has 0 aliphatic carbocycles. The molecule has 1 aromatic heterocycles. The number of hydrogen-bond donors (Lipinski definition) is 1. The largest absolute Gasteiger partial charge is 0.341 e. The van der Waals surface area contributed by atoms with Crippen LogP contribution in [0.15, 0.2) is 17.5 Å². The van der Waals surface area contributed by atoms with E-state index in [1.54, 1.807) is 18.4 Å². The van der Waals surface area contributed by atoms with Gasteiger partial charge in [-0.1, -0.05) is 6.07 Å². The van der Waals surface area contributed by atoms with Crippen LogP contribution in [0, 0.1) is 0 Å². The Balaban J connectivity index is 2.07. The van der Waals surface area contributed by atoms with Crippen molar-refractivity contribution in [2.75, 3.05) is 13.6 Å². The third kappa shape index (κ3) is 2.00. The van der Waals surface area contributed by atoms with E-state index >= 15 is 0 Å². The molecular weight excluding hydrogens is 208 g/mol. The molecule has 4 heteroatoms. The summed E-state index contributed by atoms with van der Waals surface area (Å²) in [5.41, 5.74) is 0. The van der Waals surface area contributed by atoms with Crippen molar-refractivity contribution < 1.29 is 4.79 Å². The van der Waals surface area contributed by atoms with Crippen molar-refractivity contribution in [3.8, 4) is 0 Å². The lowest BCUT2D eigenvalue weighted by Gasteiger charge is -2.20. The predicted molar refractivity (Wildman–Crippen MR) is 62.3 cm³/mol. The summed E-state index contributed by atoms with van der Waals surface area (Å²) in [6, 6.07) is 4.63. The highest BCUT2D eigenvalue weighted by atomic mass is 32.1. The van der Waals surface area contributed by atoms with E-state index in [0.717, 1.165) is 13.0 Å². The molecule has 1 N–H and O–H groups in total. The first-order valence-electron chi connectivity index (χ1n) is 5.24. The van der Waals surface area contributed by atoms with Gasteiger partial charge in [-0.3, -0.25) is 0 Å². The fourth-order valence-electron chi connectivity index (χ4n) is 2.19. The quantitative estimate of drug-likeness (QED) is 0.779. The van der Waals surface area contributed by atoms with Crippen LogP contribution in [0.4, 0.5) is 4.79 Å². The minimum absolute atomic E-state index is 0.0431. The van der Waals surface area contributed by atoms with Gasteiger partial charge in [0.2, 0.25) is 0 Å². The number of rotatable bonds is 1. The second kappa shape index (κ2) is 4.23. The molecule has 0 aromatic carbocycles. The average molecular weight is 224 g/mol. The van der Waals surface area contributed by atoms with Crippen molar-refractivity contribution in [3.63, 3.8) is 0 Å². The molecule has 1 aliphatic rings. The first-order valence-corrected chi connectivity index (χ1v) is 6.12. The van der Waals surface area contributed by atoms with E-state index in [-0.39, 0.29) is 6.03 Å². The summed E-state index contributed by atoms with van der Waals surface area (Å²) in [7, 11) is 1.69. The van der Waals surface area contributed by atoms with Gasteiger partial charge in [-0.25, -0.2) is 4.79 Å². The van der Waals surface area contributed by atoms with Crippen molar-refractivity contribution in [3.05, 3.63) is 22.4 Å². The van der Waals surface area contributed by atoms with Gasteiger partial charge in [0.25, 0.3) is 0 Å². The Bertz CT molecular complexity index is 336. The van der Waals surface area contributed by atoms with E-state index < -0.39 is 0 Å². The molecule has 2 amide bonds. The third-order valence-electron chi connectivity index (χ3n) is 3.00. The monoisotopic (exact) mass is 224 g/mol. The highest BCUT2D eigenvalue weighted by Crippen LogP contribution is 2.33. The average Bonchev–Trinajstić information content (AvgIpc) is 2.84. The summed E-state index contributed by atoms with van der Waals surface area (Å²) < 4.78 is 0. The Morgan fingerprint density at radius 3 is 3.07 bits per heavy atom. The van der Waals surface area contributed by atoms with E-state index in [2.05, 4.69) is 29.8 Å². The van der Waals surface area contributed by atoms with Crippen molar-refractivity contribution in [1.82, 2.24) is 10.2 Å². The van der Waals surface area contributed by atoms with Crippen molar-refractivity contribution in [2.24, 2.45) is 0 Å². The van der Waals surface area contributed by atoms with Gasteiger partial charge >= 0.3 is 6.03 Å². The smallest absolute Gasteiger partial charge is 0.317 e. The first kappa shape index (κ1) is 10.5. The van der Waals surface area contributed by atoms with Gasteiger partial charge in [-0.2, -0.15) is 0 Å². The molecule has 2 atom stereocenters. The maximum Gasteiger partial charge on any atom is 0.317 e. The van der Waals surface area contributed by atoms with Crippen LogP contribution in [-0.4, -0.2) is 30.6 Å². The number of likely N-dealkylation sites (tertiary alicyclic amines) is 1. The topological polar surface area (TPSA) is 32.3 Å². The summed E-state index contributed by atoms with van der Waals surface area (Å²) in [5.74, 6) is 0.525. The van der Waals surface area contributed by atoms with E-state index in [0.29, 0.717) is 12.0 Å². The molecule has 1 aliphatic heterocycles. The second-order valence-corrected chi connectivity index (χ2v) is 4.98. The van der Waals surface area contributed by atoms with Crippen LogP contribution in [0.2, 0.25) is 0 Å². The zero-order valence-corrected chi connectivity index (χ0v) is 9.88. The van der Waals surface area contributed by atoms with Crippen LogP contribution in [0.3, 0.4) is 0 Å². The van der Waals surface area contributed by atoms with Gasteiger partial charge in [0.1, 0.15) is 0 Å². The number of urea groups is 1. The summed E-state index contributed by atoms with van der Waals surface area (Å²) in [6.45, 7) is 2.96. The molecule has 82 valence electrons. The number of thiophene rings is 1. The van der Waals surface area contributed by atoms with E-state index in [1.807, 2.05) is 4.90 Å². The molecule has 1 fully saturated rings. The van der Waals surface area contributed by atoms with E-state index in [1.165, 1.54) is 4.88 Å². The zero-order valence-electron chi connectivity index (χ0n) is 9.06. The second-order valence-electron chi connectivity index (χ2n) is 4.00. The molecule has 0 radical (unpaired) electrons. The van der Waals surface area contributed by atoms with Crippen molar-refractivity contribution in [2.45, 2.75) is 25.3 Å². The molecule has 15 heavy (non-hydrogen) atoms. The summed E-state index contributed by atoms with van der Waals surface area (Å²) in [5, 5.41) is 4.79. The van der Waals surface area contributed by atoms with Crippen LogP contribution >= 0.6 is 11.3 Å². The summed E-state index contributed by atoms with van der Waals surface area (Å²) in [6.07, 6.45) is 1.08. The van der Waals surface area contributed by atoms with E-state index in [4.69, 9.17) is 0 Å². The van der Waals surface area contributed by atoms with Gasteiger partial charge in [0, 0.05) is 30.4 Å². The predicted octanol–water partition coefficient (Wildman–Crippen LogP) is 2.27. The number of carbonyl (C=O) groups is 1. The van der Waals surface area contributed by atoms with Crippen LogP contribution < -0.4 is 5.32 Å². The Kier molecular flexibility index (Phi) is 2.95. The molecule has 0 spiro atoms. The number of carbonyl (C=O) groups excluding carboxylic acids is 1. The standard InChI is InChI=1S/C11H16N2OS/c1-8-6-9(10-4-3-5-15-10)7-13(8)11(14)12-2/h3-5,8-9H,6-7H2,1-2H3,(H,12,14). The Labute approximate surface area is 94.1 Å². The molecule has 2 heterocycles. The minimum Gasteiger partial charge on any atom is -0.341 e. The number of amides is 2. The lowest BCUT2D eigenvalue weighted by Crippen LogP contribution is -2.40. The molecule has 0 saturated carbocycles. The minimum atomic E-state index is 0.0431. The van der Waals surface area contributed by atoms with Gasteiger partial charge in [-0.05, 0) is 24.8 Å². The number of nitrogens with one attached hydrogen (secondary N) is 1. The Morgan fingerprint density at radius 1 is 1.67 bits per heavy atom. The number of nitrogens with zero attached hydrogens (tertiary/aromatic N) is 1. The highest BCUT2D eigenvalue weighted by molar-refractivity contribution is 7.10. The van der Waals surface area contributed by atoms with Crippen LogP contribution in [0.25, 0.3) is 0 Å². The van der Waals surface area contributed by atoms with Crippen LogP contribution in [0.5, 0.6) is 0 Å². The number of hydrogen-bond acceptors (Lipinski definition) is 2. The van der Waals surface area contributed by atoms with Gasteiger partial charge in [0.05, 0.1) is 0 Å². The fourth-order valence-corrected chi connectivity index (χ4v) is 3.02. The molecule has 1 aromatic rings. The third-order valence-corrected chi connectivity index (χ3v) is 4.03.